The van der Waals surface area contributed by atoms with E-state index < -0.39 is 20.7 Å². The number of rotatable bonds is 5. The molecule has 0 unspecified atom stereocenters. The summed E-state index contributed by atoms with van der Waals surface area (Å²) in [7, 11) is -4.10. The number of hydrogen-bond donors (Lipinski definition) is 1. The van der Waals surface area contributed by atoms with Gasteiger partial charge in [-0.25, -0.2) is 13.1 Å². The number of Topliss-reactive ketones (excluding diaryl/α,β-unsaturated/α-hetero) is 2. The lowest BCUT2D eigenvalue weighted by Crippen LogP contribution is -2.42. The van der Waals surface area contributed by atoms with Crippen molar-refractivity contribution in [2.45, 2.75) is 33.6 Å². The van der Waals surface area contributed by atoms with Crippen molar-refractivity contribution in [2.75, 3.05) is 19.6 Å². The van der Waals surface area contributed by atoms with E-state index in [-0.39, 0.29) is 35.1 Å². The minimum absolute atomic E-state index is 0.0295. The first-order valence-corrected chi connectivity index (χ1v) is 10.9. The van der Waals surface area contributed by atoms with Gasteiger partial charge in [0.2, 0.25) is 21.6 Å². The lowest BCUT2D eigenvalue weighted by atomic mass is 9.90. The highest BCUT2D eigenvalue weighted by atomic mass is 32.2. The van der Waals surface area contributed by atoms with Crippen LogP contribution >= 0.6 is 0 Å². The third-order valence-corrected chi connectivity index (χ3v) is 6.57. The van der Waals surface area contributed by atoms with E-state index in [4.69, 9.17) is 0 Å². The molecule has 0 atom stereocenters. The van der Waals surface area contributed by atoms with E-state index in [1.807, 2.05) is 13.8 Å². The maximum Gasteiger partial charge on any atom is 0.246 e. The van der Waals surface area contributed by atoms with Crippen molar-refractivity contribution in [1.82, 2.24) is 9.62 Å². The van der Waals surface area contributed by atoms with Crippen LogP contribution < -0.4 is 4.72 Å². The van der Waals surface area contributed by atoms with Crippen molar-refractivity contribution in [1.29, 1.82) is 0 Å². The van der Waals surface area contributed by atoms with Crippen LogP contribution in [0.2, 0.25) is 0 Å². The normalized spacial score (nSPS) is 19.0. The molecule has 1 saturated heterocycles. The van der Waals surface area contributed by atoms with Crippen molar-refractivity contribution in [2.24, 2.45) is 11.8 Å². The zero-order valence-corrected chi connectivity index (χ0v) is 16.8. The Kier molecular flexibility index (Phi) is 5.53. The fourth-order valence-corrected chi connectivity index (χ4v) is 4.98. The Labute approximate surface area is 160 Å². The zero-order chi connectivity index (χ0) is 19.8. The fraction of sp³-hybridized carbons (Fsp3) is 0.500. The molecule has 1 aromatic rings. The van der Waals surface area contributed by atoms with Crippen LogP contribution in [0.15, 0.2) is 34.9 Å². The van der Waals surface area contributed by atoms with E-state index in [2.05, 4.69) is 11.6 Å². The van der Waals surface area contributed by atoms with E-state index in [1.165, 1.54) is 6.07 Å². The Hall–Kier alpha value is -1.99. The second-order valence-corrected chi connectivity index (χ2v) is 9.50. The number of carbonyl (C=O) groups excluding carboxylic acids is 2. The summed E-state index contributed by atoms with van der Waals surface area (Å²) >= 11 is 0. The van der Waals surface area contributed by atoms with Crippen LogP contribution in [-0.4, -0.2) is 44.5 Å². The van der Waals surface area contributed by atoms with E-state index in [1.54, 1.807) is 23.1 Å². The van der Waals surface area contributed by atoms with Crippen molar-refractivity contribution in [3.63, 3.8) is 0 Å². The van der Waals surface area contributed by atoms with Gasteiger partial charge >= 0.3 is 0 Å². The van der Waals surface area contributed by atoms with Gasteiger partial charge in [-0.1, -0.05) is 45.0 Å². The molecule has 7 heteroatoms. The van der Waals surface area contributed by atoms with Crippen LogP contribution in [0.1, 0.15) is 54.3 Å². The van der Waals surface area contributed by atoms with Crippen molar-refractivity contribution < 1.29 is 18.0 Å². The smallest absolute Gasteiger partial charge is 0.246 e. The minimum Gasteiger partial charge on any atom is -0.367 e. The van der Waals surface area contributed by atoms with E-state index >= 15 is 0 Å². The number of likely N-dealkylation sites (tertiary alicyclic amines) is 1. The first-order chi connectivity index (χ1) is 12.7. The molecule has 0 amide bonds. The number of hydrogen-bond acceptors (Lipinski definition) is 5. The van der Waals surface area contributed by atoms with E-state index in [9.17, 15) is 18.0 Å². The molecule has 0 aromatic heterocycles. The van der Waals surface area contributed by atoms with Crippen LogP contribution in [0.25, 0.3) is 0 Å². The maximum absolute atomic E-state index is 13.2. The molecule has 146 valence electrons. The van der Waals surface area contributed by atoms with Crippen LogP contribution in [0, 0.1) is 11.8 Å². The van der Waals surface area contributed by atoms with Crippen LogP contribution in [-0.2, 0) is 10.0 Å². The number of fused-ring (bicyclic) bond motifs is 1. The minimum atomic E-state index is -4.10. The SMILES string of the molecule is CC(C)CNS(=O)(=O)C1=C(N2CCC(C)CC2)C(=O)c2ccccc2C1=O. The highest BCUT2D eigenvalue weighted by molar-refractivity contribution is 7.94. The third kappa shape index (κ3) is 3.84. The molecule has 0 radical (unpaired) electrons. The van der Waals surface area contributed by atoms with Gasteiger partial charge in [0.1, 0.15) is 5.70 Å². The number of carbonyl (C=O) groups is 2. The number of benzene rings is 1. The molecule has 1 fully saturated rings. The topological polar surface area (TPSA) is 83.6 Å². The van der Waals surface area contributed by atoms with Crippen molar-refractivity contribution >= 4 is 21.6 Å². The Bertz CT molecular complexity index is 894. The quantitative estimate of drug-likeness (QED) is 0.835. The third-order valence-electron chi connectivity index (χ3n) is 5.10. The van der Waals surface area contributed by atoms with Gasteiger partial charge < -0.3 is 4.90 Å². The van der Waals surface area contributed by atoms with Crippen molar-refractivity contribution in [3.8, 4) is 0 Å². The molecule has 1 aliphatic carbocycles. The molecule has 1 aliphatic heterocycles. The average molecular weight is 391 g/mol. The largest absolute Gasteiger partial charge is 0.367 e. The summed E-state index contributed by atoms with van der Waals surface area (Å²) in [6.07, 6.45) is 1.72. The van der Waals surface area contributed by atoms with E-state index in [0.29, 0.717) is 19.0 Å². The molecule has 1 aromatic carbocycles. The van der Waals surface area contributed by atoms with Gasteiger partial charge in [-0.15, -0.1) is 0 Å². The second-order valence-electron chi connectivity index (χ2n) is 7.80. The molecule has 27 heavy (non-hydrogen) atoms. The predicted molar refractivity (Wildman–Crippen MR) is 104 cm³/mol. The highest BCUT2D eigenvalue weighted by Crippen LogP contribution is 2.33. The van der Waals surface area contributed by atoms with Crippen LogP contribution in [0.4, 0.5) is 0 Å². The number of allylic oxidation sites excluding steroid dienone is 2. The Morgan fingerprint density at radius 3 is 2.19 bits per heavy atom. The summed E-state index contributed by atoms with van der Waals surface area (Å²) in [6, 6.07) is 6.44. The number of ketones is 2. The van der Waals surface area contributed by atoms with Crippen molar-refractivity contribution in [3.05, 3.63) is 46.0 Å². The molecule has 1 heterocycles. The second kappa shape index (κ2) is 7.56. The number of sulfonamides is 1. The summed E-state index contributed by atoms with van der Waals surface area (Å²) < 4.78 is 28.5. The highest BCUT2D eigenvalue weighted by Gasteiger charge is 2.41. The Morgan fingerprint density at radius 2 is 1.63 bits per heavy atom. The molecule has 3 rings (SSSR count). The summed E-state index contributed by atoms with van der Waals surface area (Å²) in [6.45, 7) is 7.25. The van der Waals surface area contributed by atoms with Gasteiger partial charge in [-0.05, 0) is 24.7 Å². The summed E-state index contributed by atoms with van der Waals surface area (Å²) in [5.74, 6) is -0.385. The summed E-state index contributed by atoms with van der Waals surface area (Å²) in [4.78, 5) is 27.7. The molecule has 1 N–H and O–H groups in total. The van der Waals surface area contributed by atoms with Gasteiger partial charge in [0.15, 0.2) is 4.91 Å². The first-order valence-electron chi connectivity index (χ1n) is 9.39. The van der Waals surface area contributed by atoms with Gasteiger partial charge in [-0.3, -0.25) is 9.59 Å². The van der Waals surface area contributed by atoms with Gasteiger partial charge in [0.05, 0.1) is 0 Å². The molecule has 0 spiro atoms. The average Bonchev–Trinajstić information content (AvgIpc) is 2.63. The predicted octanol–water partition coefficient (Wildman–Crippen LogP) is 2.58. The number of nitrogens with one attached hydrogen (secondary N) is 1. The molecule has 0 bridgehead atoms. The van der Waals surface area contributed by atoms with Crippen LogP contribution in [0.3, 0.4) is 0 Å². The first kappa shape index (κ1) is 19.8. The summed E-state index contributed by atoms with van der Waals surface area (Å²) in [5.41, 5.74) is 0.460. The maximum atomic E-state index is 13.2. The van der Waals surface area contributed by atoms with E-state index in [0.717, 1.165) is 12.8 Å². The Balaban J connectivity index is 2.13. The number of nitrogens with zero attached hydrogens (tertiary/aromatic N) is 1. The van der Waals surface area contributed by atoms with Gasteiger partial charge in [0.25, 0.3) is 0 Å². The van der Waals surface area contributed by atoms with Crippen LogP contribution in [0.5, 0.6) is 0 Å². The molecular formula is C20H26N2O4S. The van der Waals surface area contributed by atoms with Gasteiger partial charge in [-0.2, -0.15) is 0 Å². The fourth-order valence-electron chi connectivity index (χ4n) is 3.46. The standard InChI is InChI=1S/C20H26N2O4S/c1-13(2)12-21-27(25,26)20-17(22-10-8-14(3)9-11-22)18(23)15-6-4-5-7-16(15)19(20)24/h4-7,13-14,21H,8-12H2,1-3H3. The van der Waals surface area contributed by atoms with Gasteiger partial charge in [0, 0.05) is 30.8 Å². The summed E-state index contributed by atoms with van der Waals surface area (Å²) in [5, 5.41) is 0. The monoisotopic (exact) mass is 390 g/mol. The molecule has 0 saturated carbocycles. The number of piperidine rings is 1. The molecule has 6 nitrogen and oxygen atoms in total. The Morgan fingerprint density at radius 1 is 1.07 bits per heavy atom. The lowest BCUT2D eigenvalue weighted by Gasteiger charge is -2.35. The molecular weight excluding hydrogens is 364 g/mol. The lowest BCUT2D eigenvalue weighted by molar-refractivity contribution is 0.0932. The zero-order valence-electron chi connectivity index (χ0n) is 16.0. The molecule has 2 aliphatic rings.